The van der Waals surface area contributed by atoms with Crippen molar-refractivity contribution in [3.63, 3.8) is 0 Å². The van der Waals surface area contributed by atoms with Crippen molar-refractivity contribution in [1.29, 1.82) is 0 Å². The molecule has 0 bridgehead atoms. The number of carbonyl (C=O) groups excluding carboxylic acids is 1. The molecule has 0 unspecified atom stereocenters. The molecule has 4 aromatic rings. The third-order valence-electron chi connectivity index (χ3n) is 6.57. The number of fused-ring (bicyclic) bond motifs is 1. The molecule has 0 N–H and O–H groups in total. The predicted octanol–water partition coefficient (Wildman–Crippen LogP) is 3.99. The van der Waals surface area contributed by atoms with Gasteiger partial charge in [-0.05, 0) is 79.0 Å². The number of nitrogens with zero attached hydrogens (tertiary/aromatic N) is 2. The molecule has 0 aliphatic heterocycles. The van der Waals surface area contributed by atoms with Crippen molar-refractivity contribution in [2.75, 3.05) is 0 Å². The molecule has 1 atom stereocenters. The van der Waals surface area contributed by atoms with E-state index in [1.807, 2.05) is 68.2 Å². The molecular formula is C31H32ClN2NaO2S. The molecule has 38 heavy (non-hydrogen) atoms. The van der Waals surface area contributed by atoms with Crippen LogP contribution >= 0.6 is 23.4 Å². The summed E-state index contributed by atoms with van der Waals surface area (Å²) in [4.78, 5) is 20.5. The minimum atomic E-state index is -0.991. The first-order valence-corrected chi connectivity index (χ1v) is 14.1. The molecule has 0 spiro atoms. The molecule has 0 radical (unpaired) electrons. The van der Waals surface area contributed by atoms with Crippen LogP contribution in [0.3, 0.4) is 0 Å². The summed E-state index contributed by atoms with van der Waals surface area (Å²) >= 11 is 8.02. The van der Waals surface area contributed by atoms with Crippen LogP contribution in [0.15, 0.2) is 79.0 Å². The van der Waals surface area contributed by atoms with Crippen molar-refractivity contribution in [2.24, 2.45) is 5.41 Å². The fourth-order valence-electron chi connectivity index (χ4n) is 4.51. The number of aromatic nitrogens is 2. The second-order valence-corrected chi connectivity index (χ2v) is 11.9. The minimum absolute atomic E-state index is 0. The number of pyridine rings is 2. The van der Waals surface area contributed by atoms with E-state index in [-0.39, 0.29) is 46.6 Å². The Hall–Kier alpha value is -1.89. The maximum atomic E-state index is 11.2. The number of hydrogen-bond acceptors (Lipinski definition) is 5. The van der Waals surface area contributed by atoms with E-state index in [2.05, 4.69) is 41.4 Å². The largest absolute Gasteiger partial charge is 1.00 e. The second kappa shape index (κ2) is 14.5. The molecule has 0 fully saturated rings. The molecule has 7 heteroatoms. The number of carbonyl (C=O) groups is 1. The molecule has 192 valence electrons. The zero-order chi connectivity index (χ0) is 26.3. The normalized spacial score (nSPS) is 12.2. The predicted molar refractivity (Wildman–Crippen MR) is 152 cm³/mol. The van der Waals surface area contributed by atoms with E-state index in [9.17, 15) is 9.90 Å². The van der Waals surface area contributed by atoms with E-state index < -0.39 is 5.97 Å². The van der Waals surface area contributed by atoms with Crippen LogP contribution in [0.1, 0.15) is 60.9 Å². The number of thioether (sulfide) groups is 1. The second-order valence-electron chi connectivity index (χ2n) is 10.3. The van der Waals surface area contributed by atoms with Gasteiger partial charge in [-0.3, -0.25) is 9.97 Å². The topological polar surface area (TPSA) is 65.9 Å². The number of rotatable bonds is 12. The first-order valence-electron chi connectivity index (χ1n) is 12.6. The molecule has 2 aromatic carbocycles. The van der Waals surface area contributed by atoms with Crippen LogP contribution in [0, 0.1) is 5.41 Å². The Morgan fingerprint density at radius 2 is 1.82 bits per heavy atom. The first-order chi connectivity index (χ1) is 17.8. The van der Waals surface area contributed by atoms with Gasteiger partial charge in [-0.2, -0.15) is 0 Å². The molecule has 0 amide bonds. The Bertz CT molecular complexity index is 1350. The SMILES string of the molecule is CC(C)(CC[C@H](SCc1ccccn1)c1cccc(CCc2ccc3ccc(Cl)cc3n2)c1)CC(=O)[O-].[Na+]. The van der Waals surface area contributed by atoms with E-state index in [0.717, 1.165) is 53.7 Å². The standard InChI is InChI=1S/C31H33ClN2O2S.Na/c1-31(2,20-30(35)36)16-15-29(37-21-27-8-3-4-17-33-27)24-7-5-6-22(18-24)9-13-26-14-11-23-10-12-25(32)19-28(23)34-26;/h3-8,10-12,14,17-19,29H,9,13,15-16,20-21H2,1-2H3,(H,35,36);/q;+1/p-1/t29-;/m0./s1. The van der Waals surface area contributed by atoms with Crippen molar-refractivity contribution in [1.82, 2.24) is 9.97 Å². The number of aliphatic carboxylic acids is 1. The summed E-state index contributed by atoms with van der Waals surface area (Å²) in [6.07, 6.45) is 5.30. The summed E-state index contributed by atoms with van der Waals surface area (Å²) in [7, 11) is 0. The summed E-state index contributed by atoms with van der Waals surface area (Å²) in [6.45, 7) is 4.01. The number of benzene rings is 2. The average Bonchev–Trinajstić information content (AvgIpc) is 2.87. The van der Waals surface area contributed by atoms with Crippen LogP contribution in [0.25, 0.3) is 10.9 Å². The van der Waals surface area contributed by atoms with Gasteiger partial charge < -0.3 is 9.90 Å². The Kier molecular flexibility index (Phi) is 11.7. The van der Waals surface area contributed by atoms with Gasteiger partial charge in [0.2, 0.25) is 0 Å². The summed E-state index contributed by atoms with van der Waals surface area (Å²) in [5, 5.41) is 13.3. The molecule has 0 saturated heterocycles. The zero-order valence-corrected chi connectivity index (χ0v) is 25.9. The number of halogens is 1. The van der Waals surface area contributed by atoms with E-state index in [4.69, 9.17) is 16.6 Å². The fraction of sp³-hybridized carbons (Fsp3) is 0.323. The molecular weight excluding hydrogens is 523 g/mol. The molecule has 2 heterocycles. The Morgan fingerprint density at radius 1 is 1.00 bits per heavy atom. The van der Waals surface area contributed by atoms with Crippen LogP contribution < -0.4 is 34.7 Å². The van der Waals surface area contributed by atoms with Crippen molar-refractivity contribution in [3.05, 3.63) is 107 Å². The van der Waals surface area contributed by atoms with Crippen molar-refractivity contribution >= 4 is 40.2 Å². The van der Waals surface area contributed by atoms with E-state index in [1.165, 1.54) is 11.1 Å². The molecule has 4 rings (SSSR count). The first kappa shape index (κ1) is 30.6. The van der Waals surface area contributed by atoms with Gasteiger partial charge in [0.25, 0.3) is 0 Å². The van der Waals surface area contributed by atoms with Gasteiger partial charge in [0.1, 0.15) is 0 Å². The van der Waals surface area contributed by atoms with Gasteiger partial charge in [-0.15, -0.1) is 11.8 Å². The van der Waals surface area contributed by atoms with Gasteiger partial charge >= 0.3 is 29.6 Å². The third-order valence-corrected chi connectivity index (χ3v) is 8.18. The van der Waals surface area contributed by atoms with Crippen LogP contribution in [0.4, 0.5) is 0 Å². The van der Waals surface area contributed by atoms with Gasteiger partial charge in [0.15, 0.2) is 0 Å². The number of aryl methyl sites for hydroxylation is 2. The molecule has 0 aliphatic rings. The molecule has 0 saturated carbocycles. The zero-order valence-electron chi connectivity index (χ0n) is 22.3. The third kappa shape index (κ3) is 9.39. The number of carboxylic acid groups (broad SMARTS) is 1. The van der Waals surface area contributed by atoms with Crippen molar-refractivity contribution < 1.29 is 39.5 Å². The minimum Gasteiger partial charge on any atom is -0.550 e. The summed E-state index contributed by atoms with van der Waals surface area (Å²) < 4.78 is 0. The van der Waals surface area contributed by atoms with Crippen LogP contribution in [-0.4, -0.2) is 15.9 Å². The monoisotopic (exact) mass is 554 g/mol. The maximum Gasteiger partial charge on any atom is 1.00 e. The van der Waals surface area contributed by atoms with Gasteiger partial charge in [0.05, 0.1) is 11.2 Å². The van der Waals surface area contributed by atoms with Crippen LogP contribution in [0.2, 0.25) is 5.02 Å². The van der Waals surface area contributed by atoms with E-state index >= 15 is 0 Å². The maximum absolute atomic E-state index is 11.2. The number of hydrogen-bond donors (Lipinski definition) is 0. The number of carboxylic acids is 1. The molecule has 2 aromatic heterocycles. The Balaban J connectivity index is 0.00000400. The van der Waals surface area contributed by atoms with Gasteiger partial charge in [-0.1, -0.05) is 67.9 Å². The van der Waals surface area contributed by atoms with E-state index in [0.29, 0.717) is 5.02 Å². The Labute approximate surface area is 256 Å². The van der Waals surface area contributed by atoms with Crippen LogP contribution in [-0.2, 0) is 23.4 Å². The van der Waals surface area contributed by atoms with E-state index in [1.54, 1.807) is 0 Å². The quantitative estimate of drug-likeness (QED) is 0.248. The summed E-state index contributed by atoms with van der Waals surface area (Å²) in [5.74, 6) is -0.186. The Morgan fingerprint density at radius 3 is 2.58 bits per heavy atom. The molecule has 0 aliphatic carbocycles. The smallest absolute Gasteiger partial charge is 0.550 e. The summed E-state index contributed by atoms with van der Waals surface area (Å²) in [6, 6.07) is 24.7. The van der Waals surface area contributed by atoms with Gasteiger partial charge in [0, 0.05) is 39.3 Å². The molecule has 4 nitrogen and oxygen atoms in total. The van der Waals surface area contributed by atoms with Gasteiger partial charge in [-0.25, -0.2) is 0 Å². The van der Waals surface area contributed by atoms with Crippen LogP contribution in [0.5, 0.6) is 0 Å². The van der Waals surface area contributed by atoms with Crippen molar-refractivity contribution in [2.45, 2.75) is 57.0 Å². The summed E-state index contributed by atoms with van der Waals surface area (Å²) in [5.41, 5.74) is 5.23. The van der Waals surface area contributed by atoms with Crippen molar-refractivity contribution in [3.8, 4) is 0 Å². The fourth-order valence-corrected chi connectivity index (χ4v) is 5.84. The average molecular weight is 555 g/mol.